The number of hydrogen-bond donors (Lipinski definition) is 1. The van der Waals surface area contributed by atoms with E-state index in [1.54, 1.807) is 18.5 Å². The summed E-state index contributed by atoms with van der Waals surface area (Å²) in [4.78, 5) is 16.2. The van der Waals surface area contributed by atoms with Gasteiger partial charge in [0.25, 0.3) is 0 Å². The maximum atomic E-state index is 12.2. The van der Waals surface area contributed by atoms with Gasteiger partial charge in [-0.05, 0) is 60.0 Å². The quantitative estimate of drug-likeness (QED) is 0.429. The van der Waals surface area contributed by atoms with Crippen LogP contribution in [0, 0.1) is 6.92 Å². The number of carbonyl (C=O) groups is 1. The molecular weight excluding hydrogens is 364 g/mol. The Hall–Kier alpha value is -3.44. The van der Waals surface area contributed by atoms with Crippen LogP contribution in [0.5, 0.6) is 5.75 Å². The van der Waals surface area contributed by atoms with Crippen LogP contribution in [-0.4, -0.2) is 24.1 Å². The average molecular weight is 388 g/mol. The maximum absolute atomic E-state index is 12.2. The molecule has 3 rings (SSSR count). The molecule has 1 amide bonds. The number of ether oxygens (including phenoxy) is 2. The molecule has 0 unspecified atom stereocenters. The highest BCUT2D eigenvalue weighted by Gasteiger charge is 2.01. The highest BCUT2D eigenvalue weighted by molar-refractivity contribution is 6.02. The summed E-state index contributed by atoms with van der Waals surface area (Å²) in [6, 6.07) is 19.2. The van der Waals surface area contributed by atoms with Crippen molar-refractivity contribution in [2.45, 2.75) is 13.5 Å². The molecule has 1 heterocycles. The number of rotatable bonds is 9. The molecule has 0 saturated heterocycles. The van der Waals surface area contributed by atoms with Crippen LogP contribution in [0.2, 0.25) is 0 Å². The zero-order valence-electron chi connectivity index (χ0n) is 16.4. The van der Waals surface area contributed by atoms with Crippen molar-refractivity contribution in [3.8, 4) is 5.75 Å². The van der Waals surface area contributed by atoms with Crippen LogP contribution in [0.25, 0.3) is 6.08 Å². The van der Waals surface area contributed by atoms with Crippen LogP contribution in [0.4, 0.5) is 5.69 Å². The summed E-state index contributed by atoms with van der Waals surface area (Å²) < 4.78 is 11.3. The summed E-state index contributed by atoms with van der Waals surface area (Å²) in [5, 5.41) is 2.87. The Balaban J connectivity index is 1.44. The van der Waals surface area contributed by atoms with Crippen LogP contribution in [0.15, 0.2) is 79.1 Å². The van der Waals surface area contributed by atoms with Crippen molar-refractivity contribution in [2.24, 2.45) is 0 Å². The molecule has 0 aliphatic heterocycles. The highest BCUT2D eigenvalue weighted by atomic mass is 16.5. The van der Waals surface area contributed by atoms with Gasteiger partial charge in [-0.3, -0.25) is 9.78 Å². The van der Waals surface area contributed by atoms with E-state index in [1.165, 1.54) is 6.08 Å². The number of aromatic nitrogens is 1. The minimum atomic E-state index is -0.192. The normalized spacial score (nSPS) is 10.8. The SMILES string of the molecule is Cc1ccncc1/C=C/C(=O)Nc1cccc(COCCOc2ccccc2)c1. The molecule has 1 aromatic heterocycles. The number of hydrogen-bond acceptors (Lipinski definition) is 4. The van der Waals surface area contributed by atoms with Gasteiger partial charge in [0, 0.05) is 24.2 Å². The van der Waals surface area contributed by atoms with E-state index < -0.39 is 0 Å². The fourth-order valence-electron chi connectivity index (χ4n) is 2.66. The van der Waals surface area contributed by atoms with Crippen molar-refractivity contribution >= 4 is 17.7 Å². The molecule has 0 atom stereocenters. The van der Waals surface area contributed by atoms with Gasteiger partial charge in [0.15, 0.2) is 0 Å². The van der Waals surface area contributed by atoms with E-state index in [0.29, 0.717) is 19.8 Å². The van der Waals surface area contributed by atoms with E-state index in [0.717, 1.165) is 28.1 Å². The smallest absolute Gasteiger partial charge is 0.248 e. The van der Waals surface area contributed by atoms with Crippen molar-refractivity contribution in [1.29, 1.82) is 0 Å². The lowest BCUT2D eigenvalue weighted by Gasteiger charge is -2.08. The van der Waals surface area contributed by atoms with Gasteiger partial charge in [-0.25, -0.2) is 0 Å². The molecule has 1 N–H and O–H groups in total. The first-order valence-corrected chi connectivity index (χ1v) is 9.45. The third-order valence-electron chi connectivity index (χ3n) is 4.20. The summed E-state index contributed by atoms with van der Waals surface area (Å²) in [5.41, 5.74) is 3.70. The van der Waals surface area contributed by atoms with Crippen molar-refractivity contribution in [3.05, 3.63) is 95.8 Å². The lowest BCUT2D eigenvalue weighted by molar-refractivity contribution is -0.111. The molecule has 0 spiro atoms. The topological polar surface area (TPSA) is 60.5 Å². The van der Waals surface area contributed by atoms with Crippen LogP contribution in [-0.2, 0) is 16.1 Å². The molecule has 3 aromatic rings. The van der Waals surface area contributed by atoms with Gasteiger partial charge in [-0.2, -0.15) is 0 Å². The largest absolute Gasteiger partial charge is 0.491 e. The van der Waals surface area contributed by atoms with Crippen molar-refractivity contribution in [2.75, 3.05) is 18.5 Å². The number of pyridine rings is 1. The molecular formula is C24H24N2O3. The van der Waals surface area contributed by atoms with Gasteiger partial charge < -0.3 is 14.8 Å². The summed E-state index contributed by atoms with van der Waals surface area (Å²) in [6.45, 7) is 3.40. The third kappa shape index (κ3) is 6.90. The number of aryl methyl sites for hydroxylation is 1. The Bertz CT molecular complexity index is 955. The summed E-state index contributed by atoms with van der Waals surface area (Å²) in [7, 11) is 0. The second-order valence-electron chi connectivity index (χ2n) is 6.47. The van der Waals surface area contributed by atoms with Gasteiger partial charge in [0.2, 0.25) is 5.91 Å². The molecule has 0 fully saturated rings. The first-order valence-electron chi connectivity index (χ1n) is 9.45. The Morgan fingerprint density at radius 3 is 2.76 bits per heavy atom. The monoisotopic (exact) mass is 388 g/mol. The fraction of sp³-hybridized carbons (Fsp3) is 0.167. The minimum Gasteiger partial charge on any atom is -0.491 e. The van der Waals surface area contributed by atoms with E-state index in [9.17, 15) is 4.79 Å². The van der Waals surface area contributed by atoms with Gasteiger partial charge in [-0.1, -0.05) is 30.3 Å². The maximum Gasteiger partial charge on any atom is 0.248 e. The first kappa shape index (κ1) is 20.3. The predicted molar refractivity (Wildman–Crippen MR) is 115 cm³/mol. The first-order chi connectivity index (χ1) is 14.2. The van der Waals surface area contributed by atoms with E-state index in [1.807, 2.05) is 67.6 Å². The van der Waals surface area contributed by atoms with Crippen LogP contribution >= 0.6 is 0 Å². The second kappa shape index (κ2) is 10.8. The minimum absolute atomic E-state index is 0.192. The van der Waals surface area contributed by atoms with Crippen molar-refractivity contribution in [3.63, 3.8) is 0 Å². The lowest BCUT2D eigenvalue weighted by atomic mass is 10.1. The zero-order chi connectivity index (χ0) is 20.3. The molecule has 2 aromatic carbocycles. The van der Waals surface area contributed by atoms with Crippen LogP contribution in [0.1, 0.15) is 16.7 Å². The Labute approximate surface area is 171 Å². The molecule has 0 radical (unpaired) electrons. The number of nitrogens with one attached hydrogen (secondary N) is 1. The summed E-state index contributed by atoms with van der Waals surface area (Å²) in [6.07, 6.45) is 6.73. The van der Waals surface area contributed by atoms with E-state index in [-0.39, 0.29) is 5.91 Å². The molecule has 0 aliphatic carbocycles. The van der Waals surface area contributed by atoms with E-state index in [2.05, 4.69) is 10.3 Å². The Morgan fingerprint density at radius 1 is 1.07 bits per heavy atom. The number of nitrogens with zero attached hydrogens (tertiary/aromatic N) is 1. The second-order valence-corrected chi connectivity index (χ2v) is 6.47. The third-order valence-corrected chi connectivity index (χ3v) is 4.20. The van der Waals surface area contributed by atoms with Gasteiger partial charge in [-0.15, -0.1) is 0 Å². The van der Waals surface area contributed by atoms with Crippen molar-refractivity contribution in [1.82, 2.24) is 4.98 Å². The highest BCUT2D eigenvalue weighted by Crippen LogP contribution is 2.13. The van der Waals surface area contributed by atoms with Gasteiger partial charge in [0.1, 0.15) is 12.4 Å². The van der Waals surface area contributed by atoms with Gasteiger partial charge in [0.05, 0.1) is 13.2 Å². The number of amides is 1. The van der Waals surface area contributed by atoms with Crippen LogP contribution < -0.4 is 10.1 Å². The van der Waals surface area contributed by atoms with Crippen molar-refractivity contribution < 1.29 is 14.3 Å². The van der Waals surface area contributed by atoms with E-state index >= 15 is 0 Å². The molecule has 0 aliphatic rings. The van der Waals surface area contributed by atoms with Crippen LogP contribution in [0.3, 0.4) is 0 Å². The zero-order valence-corrected chi connectivity index (χ0v) is 16.4. The Kier molecular flexibility index (Phi) is 7.55. The van der Waals surface area contributed by atoms with E-state index in [4.69, 9.17) is 9.47 Å². The molecule has 0 bridgehead atoms. The molecule has 5 nitrogen and oxygen atoms in total. The molecule has 5 heteroatoms. The summed E-state index contributed by atoms with van der Waals surface area (Å²) >= 11 is 0. The Morgan fingerprint density at radius 2 is 1.93 bits per heavy atom. The number of benzene rings is 2. The predicted octanol–water partition coefficient (Wildman–Crippen LogP) is 4.64. The average Bonchev–Trinajstić information content (AvgIpc) is 2.74. The number of carbonyl (C=O) groups excluding carboxylic acids is 1. The summed E-state index contributed by atoms with van der Waals surface area (Å²) in [5.74, 6) is 0.637. The fourth-order valence-corrected chi connectivity index (χ4v) is 2.66. The van der Waals surface area contributed by atoms with Gasteiger partial charge >= 0.3 is 0 Å². The lowest BCUT2D eigenvalue weighted by Crippen LogP contribution is -2.09. The number of anilines is 1. The standard InChI is InChI=1S/C24H24N2O3/c1-19-12-13-25-17-21(19)10-11-24(27)26-22-7-5-6-20(16-22)18-28-14-15-29-23-8-3-2-4-9-23/h2-13,16-17H,14-15,18H2,1H3,(H,26,27)/b11-10+. The molecule has 29 heavy (non-hydrogen) atoms. The molecule has 0 saturated carbocycles. The number of para-hydroxylation sites is 1. The molecule has 148 valence electrons.